The Labute approximate surface area is 157 Å². The van der Waals surface area contributed by atoms with Crippen molar-refractivity contribution in [3.05, 3.63) is 6.65 Å². The van der Waals surface area contributed by atoms with E-state index < -0.39 is 0 Å². The van der Waals surface area contributed by atoms with Crippen molar-refractivity contribution in [1.29, 1.82) is 0 Å². The summed E-state index contributed by atoms with van der Waals surface area (Å²) in [6, 6.07) is 0. The molecule has 0 heterocycles. The molecule has 0 aromatic rings. The molecule has 0 aliphatic carbocycles. The zero-order valence-corrected chi connectivity index (χ0v) is 19.9. The molecule has 0 amide bonds. The predicted octanol–water partition coefficient (Wildman–Crippen LogP) is 4.16. The molecule has 0 aliphatic heterocycles. The average molecular weight is 454 g/mol. The van der Waals surface area contributed by atoms with E-state index in [0.29, 0.717) is 15.8 Å². The maximum absolute atomic E-state index is 10.4. The van der Waals surface area contributed by atoms with Gasteiger partial charge in [-0.2, -0.15) is 6.92 Å². The Balaban J connectivity index is -0.0000000354. The Morgan fingerprint density at radius 3 is 1.24 bits per heavy atom. The van der Waals surface area contributed by atoms with Gasteiger partial charge >= 0.3 is 32.4 Å². The van der Waals surface area contributed by atoms with Crippen LogP contribution in [0, 0.1) is 12.6 Å². The van der Waals surface area contributed by atoms with E-state index in [1.54, 1.807) is 0 Å². The maximum atomic E-state index is 10.4. The fraction of sp³-hybridized carbons (Fsp3) is 0.769. The van der Waals surface area contributed by atoms with E-state index >= 15 is 0 Å². The summed E-state index contributed by atoms with van der Waals surface area (Å²) in [6.07, 6.45) is 1.50. The second-order valence-electron chi connectivity index (χ2n) is 4.44. The minimum atomic E-state index is 0. The van der Waals surface area contributed by atoms with Crippen LogP contribution in [0.1, 0.15) is 20.8 Å². The molecule has 0 rings (SSSR count). The molecule has 21 heavy (non-hydrogen) atoms. The summed E-state index contributed by atoms with van der Waals surface area (Å²) in [5.74, 6) is 0.0856. The van der Waals surface area contributed by atoms with Crippen molar-refractivity contribution < 1.29 is 35.3 Å². The van der Waals surface area contributed by atoms with E-state index in [4.69, 9.17) is 9.45 Å². The third kappa shape index (κ3) is 148. The second-order valence-corrected chi connectivity index (χ2v) is 10.9. The van der Waals surface area contributed by atoms with Crippen molar-refractivity contribution in [2.45, 2.75) is 20.8 Å². The summed E-state index contributed by atoms with van der Waals surface area (Å²) in [5.41, 5.74) is 0. The standard InChI is InChI=1S/C4H8OS2.2C3H9P.C2H3O.CO.Mo/c1-3(2)4(5)7-6;2*1-4(2)3;1-2-3;1-2;/h3,6H,1-2H3;2*1-3H3;1H3;;/q;;;-1;;+2/p-1. The first-order valence-electron chi connectivity index (χ1n) is 5.61. The first kappa shape index (κ1) is 38.1. The minimum Gasteiger partial charge on any atom is 2.00 e. The van der Waals surface area contributed by atoms with Crippen LogP contribution >= 0.6 is 26.6 Å². The monoisotopic (exact) mass is 456 g/mol. The van der Waals surface area contributed by atoms with Crippen molar-refractivity contribution in [3.63, 3.8) is 0 Å². The van der Waals surface area contributed by atoms with Crippen molar-refractivity contribution in [3.8, 4) is 0 Å². The molecule has 0 atom stereocenters. The van der Waals surface area contributed by atoms with Crippen LogP contribution in [0.5, 0.6) is 0 Å². The van der Waals surface area contributed by atoms with E-state index in [0.717, 1.165) is 10.8 Å². The minimum absolute atomic E-state index is 0. The molecule has 126 valence electrons. The molecule has 0 aromatic carbocycles. The molecule has 0 N–H and O–H groups in total. The number of rotatable bonds is 1. The quantitative estimate of drug-likeness (QED) is 0.149. The van der Waals surface area contributed by atoms with Gasteiger partial charge < -0.3 is 16.5 Å². The molecule has 0 fully saturated rings. The molecule has 0 bridgehead atoms. The van der Waals surface area contributed by atoms with Gasteiger partial charge in [0.05, 0.1) is 0 Å². The number of hydrogen-bond acceptors (Lipinski definition) is 4. The number of carbonyl (C=O) groups excluding carboxylic acids is 2. The van der Waals surface area contributed by atoms with Crippen molar-refractivity contribution in [2.24, 2.45) is 5.92 Å². The third-order valence-electron chi connectivity index (χ3n) is 0.554. The summed E-state index contributed by atoms with van der Waals surface area (Å²) in [7, 11) is 1.64. The second kappa shape index (κ2) is 37.5. The van der Waals surface area contributed by atoms with Gasteiger partial charge in [-0.25, -0.2) is 0 Å². The predicted molar refractivity (Wildman–Crippen MR) is 99.5 cm³/mol. The van der Waals surface area contributed by atoms with Crippen LogP contribution in [0.25, 0.3) is 0 Å². The molecule has 0 unspecified atom stereocenters. The van der Waals surface area contributed by atoms with Crippen LogP contribution in [-0.4, -0.2) is 51.4 Å². The Kier molecular flexibility index (Phi) is 68.1. The first-order chi connectivity index (χ1) is 9.06. The molecule has 3 nitrogen and oxygen atoms in total. The Morgan fingerprint density at radius 1 is 1.10 bits per heavy atom. The van der Waals surface area contributed by atoms with E-state index in [-0.39, 0.29) is 32.1 Å². The largest absolute Gasteiger partial charge is 2.00 e. The molecular weight excluding hydrogens is 426 g/mol. The van der Waals surface area contributed by atoms with Crippen LogP contribution in [0.2, 0.25) is 0 Å². The molecule has 0 spiro atoms. The van der Waals surface area contributed by atoms with Gasteiger partial charge in [0.1, 0.15) is 0 Å². The van der Waals surface area contributed by atoms with Gasteiger partial charge in [-0.15, -0.1) is 15.8 Å². The van der Waals surface area contributed by atoms with E-state index in [9.17, 15) is 4.79 Å². The van der Waals surface area contributed by atoms with E-state index in [2.05, 4.69) is 58.3 Å². The number of carbonyl (C=O) groups is 1. The molecule has 8 heteroatoms. The SMILES string of the molecule is CC(C)C(=O)S[S-].CP(C)C.CP(C)C.C[C-]=O.[C-]#[O+].[Mo+2]. The van der Waals surface area contributed by atoms with Gasteiger partial charge in [-0.1, -0.05) is 13.8 Å². The third-order valence-corrected chi connectivity index (χ3v) is 1.68. The fourth-order valence-corrected chi connectivity index (χ4v) is 0.866. The van der Waals surface area contributed by atoms with Crippen LogP contribution in [0.3, 0.4) is 0 Å². The zero-order valence-electron chi connectivity index (χ0n) is 14.4. The Bertz CT molecular complexity index is 203. The van der Waals surface area contributed by atoms with Gasteiger partial charge in [0, 0.05) is 5.92 Å². The summed E-state index contributed by atoms with van der Waals surface area (Å²) < 4.78 is 7.50. The fourth-order valence-electron chi connectivity index (χ4n) is 0.0962. The molecule has 0 saturated carbocycles. The molecule has 0 aromatic heterocycles. The van der Waals surface area contributed by atoms with Crippen molar-refractivity contribution in [1.82, 2.24) is 0 Å². The molecule has 0 radical (unpaired) electrons. The average Bonchev–Trinajstić information content (AvgIpc) is 2.30. The summed E-state index contributed by atoms with van der Waals surface area (Å²) in [5, 5.41) is 0.0787. The van der Waals surface area contributed by atoms with Crippen molar-refractivity contribution >= 4 is 49.7 Å². The first-order valence-corrected chi connectivity index (χ1v) is 12.7. The molecule has 0 aliphatic rings. The van der Waals surface area contributed by atoms with Crippen molar-refractivity contribution in [2.75, 3.05) is 40.0 Å². The van der Waals surface area contributed by atoms with Crippen LogP contribution in [-0.2, 0) is 47.0 Å². The maximum Gasteiger partial charge on any atom is 2.00 e. The summed E-state index contributed by atoms with van der Waals surface area (Å²) in [4.78, 5) is 19.1. The smallest absolute Gasteiger partial charge is 2.00 e. The van der Waals surface area contributed by atoms with Crippen LogP contribution in [0.4, 0.5) is 0 Å². The van der Waals surface area contributed by atoms with Gasteiger partial charge in [0.25, 0.3) is 0 Å². The normalized spacial score (nSPS) is 7.38. The number of hydrogen-bond donors (Lipinski definition) is 0. The topological polar surface area (TPSA) is 54.0 Å². The van der Waals surface area contributed by atoms with E-state index in [1.165, 1.54) is 13.2 Å². The van der Waals surface area contributed by atoms with Crippen LogP contribution < -0.4 is 0 Å². The van der Waals surface area contributed by atoms with E-state index in [1.807, 2.05) is 13.8 Å². The van der Waals surface area contributed by atoms with Gasteiger partial charge in [-0.3, -0.25) is 21.9 Å². The molecule has 0 saturated heterocycles. The Hall–Kier alpha value is 1.33. The van der Waals surface area contributed by atoms with Crippen LogP contribution in [0.15, 0.2) is 0 Å². The van der Waals surface area contributed by atoms with Gasteiger partial charge in [0.15, 0.2) is 5.12 Å². The molecular formula is C13H28MoO3P2S2. The van der Waals surface area contributed by atoms with Gasteiger partial charge in [-0.05, 0) is 40.0 Å². The summed E-state index contributed by atoms with van der Waals surface area (Å²) >= 11 is 4.42. The zero-order chi connectivity index (χ0) is 17.7. The summed E-state index contributed by atoms with van der Waals surface area (Å²) in [6.45, 7) is 22.9. The Morgan fingerprint density at radius 2 is 1.24 bits per heavy atom. The van der Waals surface area contributed by atoms with Gasteiger partial charge in [0.2, 0.25) is 0 Å².